The van der Waals surface area contributed by atoms with Crippen molar-refractivity contribution in [1.82, 2.24) is 9.80 Å². The lowest BCUT2D eigenvalue weighted by atomic mass is 10.3. The topological polar surface area (TPSA) is 42.0 Å². The second-order valence-electron chi connectivity index (χ2n) is 4.86. The Morgan fingerprint density at radius 2 is 1.95 bits per heavy atom. The second-order valence-corrected chi connectivity index (χ2v) is 4.86. The Morgan fingerprint density at radius 3 is 2.70 bits per heavy atom. The Kier molecular flexibility index (Phi) is 5.83. The second kappa shape index (κ2) is 7.87. The zero-order valence-electron chi connectivity index (χ0n) is 12.0. The highest BCUT2D eigenvalue weighted by Gasteiger charge is 2.20. The fourth-order valence-corrected chi connectivity index (χ4v) is 2.25. The molecule has 0 saturated carbocycles. The average molecular weight is 278 g/mol. The molecule has 0 atom stereocenters. The maximum Gasteiger partial charge on any atom is 0.415 e. The van der Waals surface area contributed by atoms with Crippen LogP contribution in [0.25, 0.3) is 0 Å². The molecule has 1 aliphatic rings. The van der Waals surface area contributed by atoms with Crippen molar-refractivity contribution < 1.29 is 14.3 Å². The Balaban J connectivity index is 1.82. The number of hydrogen-bond donors (Lipinski definition) is 0. The molecule has 1 saturated heterocycles. The first-order valence-electron chi connectivity index (χ1n) is 7.02. The molecule has 0 radical (unpaired) electrons. The first-order chi connectivity index (χ1) is 9.79. The van der Waals surface area contributed by atoms with E-state index >= 15 is 0 Å². The molecule has 1 amide bonds. The minimum absolute atomic E-state index is 0.259. The molecule has 0 N–H and O–H groups in total. The van der Waals surface area contributed by atoms with Gasteiger partial charge in [0.15, 0.2) is 0 Å². The summed E-state index contributed by atoms with van der Waals surface area (Å²) in [7, 11) is 1.71. The number of amides is 1. The maximum atomic E-state index is 12.1. The van der Waals surface area contributed by atoms with E-state index in [0.29, 0.717) is 12.3 Å². The van der Waals surface area contributed by atoms with Crippen LogP contribution in [0.1, 0.15) is 6.42 Å². The van der Waals surface area contributed by atoms with Crippen LogP contribution >= 0.6 is 0 Å². The highest BCUT2D eigenvalue weighted by Crippen LogP contribution is 2.11. The molecule has 5 nitrogen and oxygen atoms in total. The van der Waals surface area contributed by atoms with E-state index in [1.807, 2.05) is 18.2 Å². The van der Waals surface area contributed by atoms with Gasteiger partial charge in [0.2, 0.25) is 0 Å². The molecule has 0 bridgehead atoms. The van der Waals surface area contributed by atoms with Gasteiger partial charge in [-0.15, -0.1) is 0 Å². The summed E-state index contributed by atoms with van der Waals surface area (Å²) >= 11 is 0. The van der Waals surface area contributed by atoms with E-state index in [1.165, 1.54) is 0 Å². The Hall–Kier alpha value is -1.59. The van der Waals surface area contributed by atoms with E-state index in [1.54, 1.807) is 24.1 Å². The molecule has 2 rings (SSSR count). The van der Waals surface area contributed by atoms with E-state index in [0.717, 1.165) is 39.2 Å². The van der Waals surface area contributed by atoms with Crippen molar-refractivity contribution in [1.29, 1.82) is 0 Å². The van der Waals surface area contributed by atoms with Crippen molar-refractivity contribution in [2.45, 2.75) is 6.42 Å². The van der Waals surface area contributed by atoms with Crippen molar-refractivity contribution in [3.05, 3.63) is 30.3 Å². The monoisotopic (exact) mass is 278 g/mol. The quantitative estimate of drug-likeness (QED) is 0.843. The molecule has 1 fully saturated rings. The van der Waals surface area contributed by atoms with Gasteiger partial charge in [0.05, 0.1) is 6.61 Å². The molecule has 5 heteroatoms. The van der Waals surface area contributed by atoms with Crippen LogP contribution in [0, 0.1) is 0 Å². The number of carbonyl (C=O) groups is 1. The summed E-state index contributed by atoms with van der Waals surface area (Å²) in [5.41, 5.74) is 0. The third kappa shape index (κ3) is 4.51. The lowest BCUT2D eigenvalue weighted by Crippen LogP contribution is -2.37. The number of carbonyl (C=O) groups excluding carboxylic acids is 1. The largest absolute Gasteiger partial charge is 0.415 e. The van der Waals surface area contributed by atoms with Crippen LogP contribution in [0.4, 0.5) is 4.79 Å². The van der Waals surface area contributed by atoms with E-state index < -0.39 is 0 Å². The van der Waals surface area contributed by atoms with E-state index in [2.05, 4.69) is 4.90 Å². The number of benzene rings is 1. The van der Waals surface area contributed by atoms with Crippen molar-refractivity contribution >= 4 is 6.09 Å². The third-order valence-corrected chi connectivity index (χ3v) is 3.41. The van der Waals surface area contributed by atoms with Crippen molar-refractivity contribution in [2.24, 2.45) is 0 Å². The molecule has 110 valence electrons. The Bertz CT molecular complexity index is 411. The van der Waals surface area contributed by atoms with Gasteiger partial charge in [-0.05, 0) is 25.1 Å². The summed E-state index contributed by atoms with van der Waals surface area (Å²) < 4.78 is 10.5. The molecule has 1 aromatic rings. The van der Waals surface area contributed by atoms with Crippen molar-refractivity contribution in [3.8, 4) is 5.75 Å². The van der Waals surface area contributed by atoms with Gasteiger partial charge in [0.1, 0.15) is 5.75 Å². The fraction of sp³-hybridized carbons (Fsp3) is 0.533. The van der Waals surface area contributed by atoms with Gasteiger partial charge in [-0.1, -0.05) is 18.2 Å². The lowest BCUT2D eigenvalue weighted by Gasteiger charge is -2.21. The van der Waals surface area contributed by atoms with Gasteiger partial charge < -0.3 is 14.4 Å². The van der Waals surface area contributed by atoms with Crippen molar-refractivity contribution in [3.63, 3.8) is 0 Å². The highest BCUT2D eigenvalue weighted by molar-refractivity contribution is 5.70. The molecular formula is C15H22N2O3. The molecule has 0 aliphatic carbocycles. The van der Waals surface area contributed by atoms with Crippen LogP contribution in [0.2, 0.25) is 0 Å². The zero-order valence-corrected chi connectivity index (χ0v) is 12.0. The SMILES string of the molecule is COCCN1CCCN(C(=O)Oc2ccccc2)CC1. The van der Waals surface area contributed by atoms with Gasteiger partial charge in [-0.2, -0.15) is 0 Å². The van der Waals surface area contributed by atoms with E-state index in [-0.39, 0.29) is 6.09 Å². The van der Waals surface area contributed by atoms with Gasteiger partial charge in [0, 0.05) is 33.3 Å². The molecular weight excluding hydrogens is 256 g/mol. The highest BCUT2D eigenvalue weighted by atomic mass is 16.6. The first-order valence-corrected chi connectivity index (χ1v) is 7.02. The molecule has 1 aliphatic heterocycles. The van der Waals surface area contributed by atoms with Gasteiger partial charge in [-0.3, -0.25) is 4.90 Å². The molecule has 0 unspecified atom stereocenters. The molecule has 1 aromatic carbocycles. The number of para-hydroxylation sites is 1. The number of nitrogens with zero attached hydrogens (tertiary/aromatic N) is 2. The third-order valence-electron chi connectivity index (χ3n) is 3.41. The van der Waals surface area contributed by atoms with Crippen LogP contribution in [0.5, 0.6) is 5.75 Å². The van der Waals surface area contributed by atoms with E-state index in [4.69, 9.17) is 9.47 Å². The molecule has 0 aromatic heterocycles. The number of hydrogen-bond acceptors (Lipinski definition) is 4. The number of ether oxygens (including phenoxy) is 2. The summed E-state index contributed by atoms with van der Waals surface area (Å²) in [4.78, 5) is 16.2. The molecule has 20 heavy (non-hydrogen) atoms. The smallest absolute Gasteiger partial charge is 0.410 e. The van der Waals surface area contributed by atoms with Crippen molar-refractivity contribution in [2.75, 3.05) is 46.4 Å². The summed E-state index contributed by atoms with van der Waals surface area (Å²) in [6.45, 7) is 4.96. The van der Waals surface area contributed by atoms with Gasteiger partial charge in [0.25, 0.3) is 0 Å². The first kappa shape index (κ1) is 14.8. The standard InChI is InChI=1S/C15H22N2O3/c1-19-13-12-16-8-5-9-17(11-10-16)15(18)20-14-6-3-2-4-7-14/h2-4,6-7H,5,8-13H2,1H3. The average Bonchev–Trinajstić information content (AvgIpc) is 2.72. The van der Waals surface area contributed by atoms with Gasteiger partial charge in [-0.25, -0.2) is 4.79 Å². The molecule has 0 spiro atoms. The Morgan fingerprint density at radius 1 is 1.15 bits per heavy atom. The minimum atomic E-state index is -0.259. The predicted octanol–water partition coefficient (Wildman–Crippen LogP) is 1.84. The zero-order chi connectivity index (χ0) is 14.2. The fourth-order valence-electron chi connectivity index (χ4n) is 2.25. The maximum absolute atomic E-state index is 12.1. The summed E-state index contributed by atoms with van der Waals surface area (Å²) in [6.07, 6.45) is 0.706. The summed E-state index contributed by atoms with van der Waals surface area (Å²) in [6, 6.07) is 9.20. The van der Waals surface area contributed by atoms with Crippen LogP contribution < -0.4 is 4.74 Å². The summed E-state index contributed by atoms with van der Waals surface area (Å²) in [5.74, 6) is 0.595. The minimum Gasteiger partial charge on any atom is -0.410 e. The van der Waals surface area contributed by atoms with Gasteiger partial charge >= 0.3 is 6.09 Å². The lowest BCUT2D eigenvalue weighted by molar-refractivity contribution is 0.142. The van der Waals surface area contributed by atoms with Crippen LogP contribution in [0.3, 0.4) is 0 Å². The van der Waals surface area contributed by atoms with E-state index in [9.17, 15) is 4.79 Å². The summed E-state index contributed by atoms with van der Waals surface area (Å²) in [5, 5.41) is 0. The number of methoxy groups -OCH3 is 1. The predicted molar refractivity (Wildman–Crippen MR) is 77.0 cm³/mol. The molecule has 1 heterocycles. The number of rotatable bonds is 4. The van der Waals surface area contributed by atoms with Crippen LogP contribution in [-0.2, 0) is 4.74 Å². The van der Waals surface area contributed by atoms with Crippen LogP contribution in [0.15, 0.2) is 30.3 Å². The normalized spacial score (nSPS) is 16.8. The Labute approximate surface area is 120 Å². The van der Waals surface area contributed by atoms with Crippen LogP contribution in [-0.4, -0.2) is 62.3 Å².